The van der Waals surface area contributed by atoms with Crippen molar-refractivity contribution >= 4 is 17.4 Å². The van der Waals surface area contributed by atoms with Crippen LogP contribution in [0.25, 0.3) is 0 Å². The number of nitrogens with zero attached hydrogens (tertiary/aromatic N) is 2. The van der Waals surface area contributed by atoms with Gasteiger partial charge in [-0.05, 0) is 25.0 Å². The Labute approximate surface area is 123 Å². The fourth-order valence-electron chi connectivity index (χ4n) is 3.11. The summed E-state index contributed by atoms with van der Waals surface area (Å²) in [5.74, 6) is 0.958. The van der Waals surface area contributed by atoms with Gasteiger partial charge in [-0.15, -0.1) is 0 Å². The molecule has 2 heterocycles. The van der Waals surface area contributed by atoms with E-state index in [9.17, 15) is 8.78 Å². The van der Waals surface area contributed by atoms with Crippen LogP contribution in [0.5, 0.6) is 0 Å². The zero-order valence-electron chi connectivity index (χ0n) is 11.5. The standard InChI is InChI=1S/C15H20F2N2S/c16-14-2-1-13(11-15(14)17)18-5-3-12(4-6-18)19-7-9-20-10-8-19/h1-2,11-12H,3-10H2. The van der Waals surface area contributed by atoms with Crippen molar-refractivity contribution in [3.8, 4) is 0 Å². The van der Waals surface area contributed by atoms with Gasteiger partial charge in [-0.1, -0.05) is 0 Å². The van der Waals surface area contributed by atoms with Gasteiger partial charge in [-0.2, -0.15) is 11.8 Å². The Morgan fingerprint density at radius 2 is 1.65 bits per heavy atom. The van der Waals surface area contributed by atoms with Crippen molar-refractivity contribution in [3.05, 3.63) is 29.8 Å². The molecule has 2 saturated heterocycles. The summed E-state index contributed by atoms with van der Waals surface area (Å²) in [6, 6.07) is 4.87. The maximum Gasteiger partial charge on any atom is 0.160 e. The van der Waals surface area contributed by atoms with Gasteiger partial charge in [0.15, 0.2) is 11.6 Å². The lowest BCUT2D eigenvalue weighted by Crippen LogP contribution is -2.47. The Kier molecular flexibility index (Phi) is 4.46. The van der Waals surface area contributed by atoms with E-state index in [4.69, 9.17) is 0 Å². The highest BCUT2D eigenvalue weighted by Gasteiger charge is 2.26. The minimum Gasteiger partial charge on any atom is -0.371 e. The summed E-state index contributed by atoms with van der Waals surface area (Å²) in [5, 5.41) is 0. The highest BCUT2D eigenvalue weighted by Crippen LogP contribution is 2.25. The summed E-state index contributed by atoms with van der Waals surface area (Å²) in [6.45, 7) is 4.25. The summed E-state index contributed by atoms with van der Waals surface area (Å²) in [6.07, 6.45) is 2.23. The predicted molar refractivity (Wildman–Crippen MR) is 80.5 cm³/mol. The number of piperidine rings is 1. The second-order valence-electron chi connectivity index (χ2n) is 5.46. The SMILES string of the molecule is Fc1ccc(N2CCC(N3CCSCC3)CC2)cc1F. The van der Waals surface area contributed by atoms with Crippen LogP contribution in [0, 0.1) is 11.6 Å². The first kappa shape index (κ1) is 14.1. The van der Waals surface area contributed by atoms with Crippen LogP contribution in [-0.2, 0) is 0 Å². The van der Waals surface area contributed by atoms with Crippen molar-refractivity contribution < 1.29 is 8.78 Å². The van der Waals surface area contributed by atoms with E-state index in [0.29, 0.717) is 6.04 Å². The molecule has 2 nitrogen and oxygen atoms in total. The lowest BCUT2D eigenvalue weighted by molar-refractivity contribution is 0.186. The molecule has 0 amide bonds. The van der Waals surface area contributed by atoms with Crippen molar-refractivity contribution in [3.63, 3.8) is 0 Å². The number of rotatable bonds is 2. The van der Waals surface area contributed by atoms with E-state index >= 15 is 0 Å². The molecule has 0 aliphatic carbocycles. The minimum atomic E-state index is -0.769. The van der Waals surface area contributed by atoms with Crippen LogP contribution >= 0.6 is 11.8 Å². The van der Waals surface area contributed by atoms with Crippen molar-refractivity contribution in [2.24, 2.45) is 0 Å². The first-order chi connectivity index (χ1) is 9.74. The minimum absolute atomic E-state index is 0.664. The molecule has 2 fully saturated rings. The Hall–Kier alpha value is -0.810. The molecule has 0 radical (unpaired) electrons. The second-order valence-corrected chi connectivity index (χ2v) is 6.69. The van der Waals surface area contributed by atoms with Crippen molar-refractivity contribution in [1.29, 1.82) is 0 Å². The maximum absolute atomic E-state index is 13.3. The smallest absolute Gasteiger partial charge is 0.160 e. The molecule has 2 aliphatic heterocycles. The third-order valence-electron chi connectivity index (χ3n) is 4.29. The number of anilines is 1. The van der Waals surface area contributed by atoms with E-state index in [-0.39, 0.29) is 0 Å². The van der Waals surface area contributed by atoms with Gasteiger partial charge in [0.2, 0.25) is 0 Å². The normalized spacial score (nSPS) is 22.2. The van der Waals surface area contributed by atoms with E-state index in [0.717, 1.165) is 31.6 Å². The van der Waals surface area contributed by atoms with E-state index < -0.39 is 11.6 Å². The molecular formula is C15H20F2N2S. The second kappa shape index (κ2) is 6.31. The average Bonchev–Trinajstić information content (AvgIpc) is 2.51. The van der Waals surface area contributed by atoms with E-state index in [2.05, 4.69) is 9.80 Å². The quantitative estimate of drug-likeness (QED) is 0.829. The van der Waals surface area contributed by atoms with Crippen LogP contribution < -0.4 is 4.90 Å². The van der Waals surface area contributed by atoms with Crippen molar-refractivity contribution in [1.82, 2.24) is 4.90 Å². The highest BCUT2D eigenvalue weighted by atomic mass is 32.2. The summed E-state index contributed by atoms with van der Waals surface area (Å²) in [7, 11) is 0. The number of benzene rings is 1. The van der Waals surface area contributed by atoms with Gasteiger partial charge in [0, 0.05) is 55.5 Å². The first-order valence-electron chi connectivity index (χ1n) is 7.26. The molecule has 3 rings (SSSR count). The molecule has 0 aromatic heterocycles. The Morgan fingerprint density at radius 3 is 2.30 bits per heavy atom. The van der Waals surface area contributed by atoms with Crippen LogP contribution in [0.2, 0.25) is 0 Å². The molecule has 0 saturated carbocycles. The molecule has 5 heteroatoms. The van der Waals surface area contributed by atoms with Gasteiger partial charge in [0.25, 0.3) is 0 Å². The maximum atomic E-state index is 13.3. The van der Waals surface area contributed by atoms with E-state index in [1.165, 1.54) is 36.7 Å². The van der Waals surface area contributed by atoms with Crippen molar-refractivity contribution in [2.75, 3.05) is 42.6 Å². The lowest BCUT2D eigenvalue weighted by atomic mass is 10.0. The predicted octanol–water partition coefficient (Wildman–Crippen LogP) is 2.98. The fourth-order valence-corrected chi connectivity index (χ4v) is 4.04. The van der Waals surface area contributed by atoms with Crippen LogP contribution in [0.1, 0.15) is 12.8 Å². The topological polar surface area (TPSA) is 6.48 Å². The van der Waals surface area contributed by atoms with E-state index in [1.807, 2.05) is 11.8 Å². The van der Waals surface area contributed by atoms with Crippen LogP contribution in [-0.4, -0.2) is 48.6 Å². The molecule has 1 aromatic rings. The molecule has 20 heavy (non-hydrogen) atoms. The molecule has 2 aliphatic rings. The summed E-state index contributed by atoms with van der Waals surface area (Å²) >= 11 is 2.03. The number of hydrogen-bond donors (Lipinski definition) is 0. The van der Waals surface area contributed by atoms with Crippen molar-refractivity contribution in [2.45, 2.75) is 18.9 Å². The molecule has 110 valence electrons. The Morgan fingerprint density at radius 1 is 0.950 bits per heavy atom. The lowest BCUT2D eigenvalue weighted by Gasteiger charge is -2.40. The third kappa shape index (κ3) is 3.09. The van der Waals surface area contributed by atoms with Crippen LogP contribution in [0.15, 0.2) is 18.2 Å². The molecule has 0 N–H and O–H groups in total. The summed E-state index contributed by atoms with van der Waals surface area (Å²) in [4.78, 5) is 4.76. The van der Waals surface area contributed by atoms with Crippen LogP contribution in [0.3, 0.4) is 0 Å². The Bertz CT molecular complexity index is 455. The molecule has 1 aromatic carbocycles. The van der Waals surface area contributed by atoms with Gasteiger partial charge in [-0.3, -0.25) is 4.90 Å². The van der Waals surface area contributed by atoms with Gasteiger partial charge in [0.05, 0.1) is 0 Å². The Balaban J connectivity index is 1.58. The molecule has 0 atom stereocenters. The van der Waals surface area contributed by atoms with Gasteiger partial charge < -0.3 is 4.90 Å². The van der Waals surface area contributed by atoms with Gasteiger partial charge in [0.1, 0.15) is 0 Å². The third-order valence-corrected chi connectivity index (χ3v) is 5.24. The number of halogens is 2. The molecular weight excluding hydrogens is 278 g/mol. The number of hydrogen-bond acceptors (Lipinski definition) is 3. The summed E-state index contributed by atoms with van der Waals surface area (Å²) < 4.78 is 26.3. The van der Waals surface area contributed by atoms with E-state index in [1.54, 1.807) is 6.07 Å². The molecule has 0 unspecified atom stereocenters. The zero-order chi connectivity index (χ0) is 13.9. The number of thioether (sulfide) groups is 1. The van der Waals surface area contributed by atoms with Gasteiger partial charge in [-0.25, -0.2) is 8.78 Å². The summed E-state index contributed by atoms with van der Waals surface area (Å²) in [5.41, 5.74) is 0.802. The first-order valence-corrected chi connectivity index (χ1v) is 8.41. The molecule has 0 spiro atoms. The zero-order valence-corrected chi connectivity index (χ0v) is 12.3. The fraction of sp³-hybridized carbons (Fsp3) is 0.600. The highest BCUT2D eigenvalue weighted by molar-refractivity contribution is 7.99. The largest absolute Gasteiger partial charge is 0.371 e. The molecule has 0 bridgehead atoms. The monoisotopic (exact) mass is 298 g/mol. The van der Waals surface area contributed by atoms with Crippen LogP contribution in [0.4, 0.5) is 14.5 Å². The average molecular weight is 298 g/mol. The van der Waals surface area contributed by atoms with Gasteiger partial charge >= 0.3 is 0 Å².